The summed E-state index contributed by atoms with van der Waals surface area (Å²) in [6, 6.07) is 9.33. The van der Waals surface area contributed by atoms with Crippen LogP contribution >= 0.6 is 23.1 Å². The van der Waals surface area contributed by atoms with Crippen molar-refractivity contribution in [2.24, 2.45) is 0 Å². The lowest BCUT2D eigenvalue weighted by Crippen LogP contribution is -2.60. The molecule has 1 unspecified atom stereocenters. The standard InChI is InChI=1S/C19H18N4O2S2/c1-11(27-16-12-8-9-26-15(12)20-10-21-16)17(24)23-14-7-5-4-6-13(14)22-18(25)19(23,2)3/h4-11H,1-3H3,(H,22,25). The Bertz CT molecular complexity index is 1050. The summed E-state index contributed by atoms with van der Waals surface area (Å²) in [6.07, 6.45) is 1.52. The Labute approximate surface area is 165 Å². The quantitative estimate of drug-likeness (QED) is 0.534. The van der Waals surface area contributed by atoms with Crippen molar-refractivity contribution < 1.29 is 9.59 Å². The first-order chi connectivity index (χ1) is 12.9. The van der Waals surface area contributed by atoms with Gasteiger partial charge in [0.05, 0.1) is 16.6 Å². The molecule has 0 bridgehead atoms. The number of thiophene rings is 1. The van der Waals surface area contributed by atoms with Crippen molar-refractivity contribution in [1.29, 1.82) is 0 Å². The smallest absolute Gasteiger partial charge is 0.250 e. The summed E-state index contributed by atoms with van der Waals surface area (Å²) < 4.78 is 0. The Hall–Kier alpha value is -2.45. The van der Waals surface area contributed by atoms with Crippen molar-refractivity contribution in [3.8, 4) is 0 Å². The third-order valence-electron chi connectivity index (χ3n) is 4.59. The van der Waals surface area contributed by atoms with Gasteiger partial charge in [-0.05, 0) is 44.4 Å². The highest BCUT2D eigenvalue weighted by molar-refractivity contribution is 8.00. The predicted octanol–water partition coefficient (Wildman–Crippen LogP) is 3.94. The van der Waals surface area contributed by atoms with E-state index < -0.39 is 10.8 Å². The molecule has 3 aromatic rings. The van der Waals surface area contributed by atoms with Crippen molar-refractivity contribution in [2.45, 2.75) is 36.6 Å². The highest BCUT2D eigenvalue weighted by Crippen LogP contribution is 2.39. The minimum Gasteiger partial charge on any atom is -0.322 e. The molecule has 0 saturated heterocycles. The molecule has 0 fully saturated rings. The van der Waals surface area contributed by atoms with E-state index in [9.17, 15) is 9.59 Å². The number of thioether (sulfide) groups is 1. The largest absolute Gasteiger partial charge is 0.322 e. The van der Waals surface area contributed by atoms with Gasteiger partial charge in [-0.15, -0.1) is 11.3 Å². The molecule has 0 radical (unpaired) electrons. The topological polar surface area (TPSA) is 75.2 Å². The number of aromatic nitrogens is 2. The summed E-state index contributed by atoms with van der Waals surface area (Å²) in [5.74, 6) is -0.330. The second kappa shape index (κ2) is 6.61. The molecular weight excluding hydrogens is 380 g/mol. The van der Waals surface area contributed by atoms with Gasteiger partial charge in [-0.3, -0.25) is 14.5 Å². The van der Waals surface area contributed by atoms with E-state index in [4.69, 9.17) is 0 Å². The maximum atomic E-state index is 13.4. The molecule has 4 rings (SSSR count). The second-order valence-corrected chi connectivity index (χ2v) is 9.01. The normalized spacial score (nSPS) is 16.7. The Morgan fingerprint density at radius 2 is 2.04 bits per heavy atom. The van der Waals surface area contributed by atoms with Gasteiger partial charge in [0.25, 0.3) is 0 Å². The van der Waals surface area contributed by atoms with Gasteiger partial charge in [0.2, 0.25) is 11.8 Å². The minimum atomic E-state index is -0.983. The highest BCUT2D eigenvalue weighted by Gasteiger charge is 2.44. The zero-order valence-electron chi connectivity index (χ0n) is 15.1. The van der Waals surface area contributed by atoms with E-state index in [0.29, 0.717) is 11.4 Å². The summed E-state index contributed by atoms with van der Waals surface area (Å²) in [5.41, 5.74) is 0.376. The molecule has 138 valence electrons. The Morgan fingerprint density at radius 1 is 1.26 bits per heavy atom. The fraction of sp³-hybridized carbons (Fsp3) is 0.263. The number of carbonyl (C=O) groups excluding carboxylic acids is 2. The number of nitrogens with one attached hydrogen (secondary N) is 1. The van der Waals surface area contributed by atoms with Crippen LogP contribution < -0.4 is 10.2 Å². The van der Waals surface area contributed by atoms with E-state index in [1.165, 1.54) is 18.1 Å². The third kappa shape index (κ3) is 2.98. The molecule has 3 heterocycles. The predicted molar refractivity (Wildman–Crippen MR) is 109 cm³/mol. The first-order valence-corrected chi connectivity index (χ1v) is 10.2. The van der Waals surface area contributed by atoms with Crippen LogP contribution in [0.3, 0.4) is 0 Å². The van der Waals surface area contributed by atoms with Crippen LogP contribution in [0.2, 0.25) is 0 Å². The van der Waals surface area contributed by atoms with Crippen LogP contribution in [0.5, 0.6) is 0 Å². The molecule has 27 heavy (non-hydrogen) atoms. The SMILES string of the molecule is CC(Sc1ncnc2sccc12)C(=O)N1c2ccccc2NC(=O)C1(C)C. The minimum absolute atomic E-state index is 0.130. The molecule has 1 aliphatic rings. The van der Waals surface area contributed by atoms with E-state index in [1.54, 1.807) is 36.2 Å². The second-order valence-electron chi connectivity index (χ2n) is 6.78. The lowest BCUT2D eigenvalue weighted by molar-refractivity contribution is -0.126. The molecule has 1 aromatic carbocycles. The summed E-state index contributed by atoms with van der Waals surface area (Å²) >= 11 is 2.93. The van der Waals surface area contributed by atoms with Crippen LogP contribution in [0.1, 0.15) is 20.8 Å². The van der Waals surface area contributed by atoms with Crippen LogP contribution in [-0.2, 0) is 9.59 Å². The number of carbonyl (C=O) groups is 2. The number of anilines is 2. The Kier molecular flexibility index (Phi) is 4.39. The van der Waals surface area contributed by atoms with Crippen LogP contribution in [0.25, 0.3) is 10.2 Å². The van der Waals surface area contributed by atoms with Gasteiger partial charge in [0.1, 0.15) is 21.7 Å². The Balaban J connectivity index is 1.68. The summed E-state index contributed by atoms with van der Waals surface area (Å²) in [5, 5.41) is 6.15. The van der Waals surface area contributed by atoms with Crippen LogP contribution in [0.4, 0.5) is 11.4 Å². The first kappa shape index (κ1) is 17.9. The van der Waals surface area contributed by atoms with E-state index >= 15 is 0 Å². The summed E-state index contributed by atoms with van der Waals surface area (Å²) in [4.78, 5) is 37.1. The Morgan fingerprint density at radius 3 is 2.85 bits per heavy atom. The van der Waals surface area contributed by atoms with Crippen molar-refractivity contribution in [1.82, 2.24) is 9.97 Å². The van der Waals surface area contributed by atoms with Gasteiger partial charge in [0, 0.05) is 5.39 Å². The molecular formula is C19H18N4O2S2. The number of hydrogen-bond donors (Lipinski definition) is 1. The third-order valence-corrected chi connectivity index (χ3v) is 6.51. The lowest BCUT2D eigenvalue weighted by atomic mass is 9.96. The van der Waals surface area contributed by atoms with Crippen LogP contribution in [0, 0.1) is 0 Å². The van der Waals surface area contributed by atoms with Gasteiger partial charge in [-0.2, -0.15) is 0 Å². The fourth-order valence-corrected chi connectivity index (χ4v) is 4.85. The molecule has 0 spiro atoms. The molecule has 1 atom stereocenters. The number of hydrogen-bond acceptors (Lipinski definition) is 6. The molecule has 6 nitrogen and oxygen atoms in total. The maximum absolute atomic E-state index is 13.4. The van der Waals surface area contributed by atoms with E-state index in [-0.39, 0.29) is 11.8 Å². The number of fused-ring (bicyclic) bond motifs is 2. The molecule has 0 saturated carbocycles. The lowest BCUT2D eigenvalue weighted by Gasteiger charge is -2.43. The van der Waals surface area contributed by atoms with Crippen molar-refractivity contribution >= 4 is 56.5 Å². The van der Waals surface area contributed by atoms with Crippen molar-refractivity contribution in [3.05, 3.63) is 42.0 Å². The van der Waals surface area contributed by atoms with Crippen LogP contribution in [-0.4, -0.2) is 32.6 Å². The number of para-hydroxylation sites is 2. The number of benzene rings is 1. The van der Waals surface area contributed by atoms with Gasteiger partial charge in [0.15, 0.2) is 0 Å². The van der Waals surface area contributed by atoms with E-state index in [1.807, 2.05) is 36.6 Å². The van der Waals surface area contributed by atoms with Gasteiger partial charge >= 0.3 is 0 Å². The average molecular weight is 399 g/mol. The van der Waals surface area contributed by atoms with Crippen molar-refractivity contribution in [3.63, 3.8) is 0 Å². The molecule has 2 aromatic heterocycles. The zero-order valence-corrected chi connectivity index (χ0v) is 16.7. The molecule has 1 N–H and O–H groups in total. The summed E-state index contributed by atoms with van der Waals surface area (Å²) in [7, 11) is 0. The van der Waals surface area contributed by atoms with E-state index in [2.05, 4.69) is 15.3 Å². The average Bonchev–Trinajstić information content (AvgIpc) is 3.12. The number of amides is 2. The number of rotatable bonds is 3. The molecule has 8 heteroatoms. The van der Waals surface area contributed by atoms with Gasteiger partial charge < -0.3 is 5.32 Å². The first-order valence-electron chi connectivity index (χ1n) is 8.49. The highest BCUT2D eigenvalue weighted by atomic mass is 32.2. The van der Waals surface area contributed by atoms with Crippen LogP contribution in [0.15, 0.2) is 47.1 Å². The van der Waals surface area contributed by atoms with Gasteiger partial charge in [-0.25, -0.2) is 9.97 Å². The maximum Gasteiger partial charge on any atom is 0.250 e. The summed E-state index contributed by atoms with van der Waals surface area (Å²) in [6.45, 7) is 5.36. The van der Waals surface area contributed by atoms with Gasteiger partial charge in [-0.1, -0.05) is 23.9 Å². The fourth-order valence-electron chi connectivity index (χ4n) is 3.11. The monoisotopic (exact) mass is 398 g/mol. The zero-order chi connectivity index (χ0) is 19.2. The molecule has 1 aliphatic heterocycles. The molecule has 0 aliphatic carbocycles. The number of nitrogens with zero attached hydrogens (tertiary/aromatic N) is 3. The molecule has 2 amide bonds. The van der Waals surface area contributed by atoms with Crippen molar-refractivity contribution in [2.75, 3.05) is 10.2 Å². The van der Waals surface area contributed by atoms with E-state index in [0.717, 1.165) is 15.2 Å².